The number of carbonyl (C=O) groups is 2. The fourth-order valence-corrected chi connectivity index (χ4v) is 11.5. The summed E-state index contributed by atoms with van der Waals surface area (Å²) < 4.78 is 5.87. The number of fused-ring (bicyclic) bond motifs is 7. The van der Waals surface area contributed by atoms with E-state index in [1.807, 2.05) is 0 Å². The number of esters is 1. The van der Waals surface area contributed by atoms with Gasteiger partial charge in [0.15, 0.2) is 0 Å². The number of hydrogen-bond donors (Lipinski definition) is 1. The highest BCUT2D eigenvalue weighted by atomic mass is 35.5. The van der Waals surface area contributed by atoms with Crippen LogP contribution >= 0.6 is 11.6 Å². The average molecular weight is 533 g/mol. The fraction of sp³-hybridized carbons (Fsp3) is 0.875. The highest BCUT2D eigenvalue weighted by Gasteiger charge is 2.70. The fourth-order valence-electron chi connectivity index (χ4n) is 11.0. The topological polar surface area (TPSA) is 63.6 Å². The van der Waals surface area contributed by atoms with Crippen LogP contribution in [0.5, 0.6) is 0 Å². The molecule has 4 fully saturated rings. The number of carboxylic acid groups (broad SMARTS) is 1. The number of hydrogen-bond acceptors (Lipinski definition) is 3. The van der Waals surface area contributed by atoms with Crippen molar-refractivity contribution >= 4 is 23.5 Å². The van der Waals surface area contributed by atoms with E-state index in [0.29, 0.717) is 11.8 Å². The van der Waals surface area contributed by atoms with Gasteiger partial charge in [-0.05, 0) is 109 Å². The first-order valence-electron chi connectivity index (χ1n) is 14.7. The molecular formula is C32H49ClO4. The summed E-state index contributed by atoms with van der Waals surface area (Å²) in [6.07, 6.45) is 9.32. The second-order valence-electron chi connectivity index (χ2n) is 15.8. The molecule has 208 valence electrons. The van der Waals surface area contributed by atoms with Gasteiger partial charge in [0.1, 0.15) is 6.10 Å². The van der Waals surface area contributed by atoms with E-state index in [0.717, 1.165) is 69.2 Å². The molecule has 5 heteroatoms. The molecule has 37 heavy (non-hydrogen) atoms. The van der Waals surface area contributed by atoms with Crippen molar-refractivity contribution < 1.29 is 19.4 Å². The van der Waals surface area contributed by atoms with Gasteiger partial charge in [-0.1, -0.05) is 60.1 Å². The minimum atomic E-state index is -0.668. The molecule has 0 aromatic rings. The summed E-state index contributed by atoms with van der Waals surface area (Å²) in [6.45, 7) is 18.2. The predicted molar refractivity (Wildman–Crippen MR) is 147 cm³/mol. The quantitative estimate of drug-likeness (QED) is 0.363. The van der Waals surface area contributed by atoms with Crippen molar-refractivity contribution in [3.05, 3.63) is 10.6 Å². The number of carboxylic acids is 1. The summed E-state index contributed by atoms with van der Waals surface area (Å²) in [5.41, 5.74) is 0.775. The first kappa shape index (κ1) is 27.5. The lowest BCUT2D eigenvalue weighted by molar-refractivity contribution is -0.213. The summed E-state index contributed by atoms with van der Waals surface area (Å²) in [7, 11) is 0. The van der Waals surface area contributed by atoms with Crippen molar-refractivity contribution in [2.24, 2.45) is 50.2 Å². The molecule has 0 radical (unpaired) electrons. The van der Waals surface area contributed by atoms with Crippen molar-refractivity contribution in [1.29, 1.82) is 0 Å². The molecule has 0 saturated heterocycles. The molecule has 4 nitrogen and oxygen atoms in total. The van der Waals surface area contributed by atoms with Gasteiger partial charge in [-0.3, -0.25) is 9.59 Å². The van der Waals surface area contributed by atoms with Crippen LogP contribution in [0.25, 0.3) is 0 Å². The van der Waals surface area contributed by atoms with Gasteiger partial charge in [0.05, 0.1) is 5.41 Å². The molecule has 0 aliphatic heterocycles. The second kappa shape index (κ2) is 8.24. The lowest BCUT2D eigenvalue weighted by Crippen LogP contribution is -2.65. The molecule has 5 rings (SSSR count). The molecule has 8 atom stereocenters. The Morgan fingerprint density at radius 1 is 0.892 bits per heavy atom. The Hall–Kier alpha value is -1.03. The van der Waals surface area contributed by atoms with Gasteiger partial charge in [0.2, 0.25) is 0 Å². The summed E-state index contributed by atoms with van der Waals surface area (Å²) in [6, 6.07) is 0. The Kier molecular flexibility index (Phi) is 6.13. The summed E-state index contributed by atoms with van der Waals surface area (Å²) in [5.74, 6) is 0.134. The van der Waals surface area contributed by atoms with Crippen molar-refractivity contribution in [3.8, 4) is 0 Å². The van der Waals surface area contributed by atoms with Gasteiger partial charge in [-0.2, -0.15) is 0 Å². The molecule has 1 N–H and O–H groups in total. The Bertz CT molecular complexity index is 1040. The zero-order chi connectivity index (χ0) is 27.4. The maximum absolute atomic E-state index is 12.9. The van der Waals surface area contributed by atoms with E-state index >= 15 is 0 Å². The standard InChI is InChI=1S/C32H49ClO4/c1-19(34)37-24-10-11-29(6)22(28(24,4)5)9-12-30(7)23(29)17-21(33)25-20-18-27(2,3)13-15-32(20,26(35)36)16-14-31(25,30)8/h20,22-24H,9-18H2,1-8H3,(H,35,36). The monoisotopic (exact) mass is 532 g/mol. The molecule has 5 aliphatic carbocycles. The Morgan fingerprint density at radius 3 is 2.16 bits per heavy atom. The van der Waals surface area contributed by atoms with E-state index in [-0.39, 0.29) is 45.1 Å². The van der Waals surface area contributed by atoms with Crippen LogP contribution in [0.15, 0.2) is 10.6 Å². The van der Waals surface area contributed by atoms with Crippen LogP contribution in [0, 0.1) is 50.2 Å². The summed E-state index contributed by atoms with van der Waals surface area (Å²) >= 11 is 7.42. The normalized spacial score (nSPS) is 48.1. The van der Waals surface area contributed by atoms with E-state index in [9.17, 15) is 14.7 Å². The van der Waals surface area contributed by atoms with Crippen LogP contribution in [-0.2, 0) is 14.3 Å². The molecule has 4 saturated carbocycles. The molecule has 0 amide bonds. The van der Waals surface area contributed by atoms with Crippen molar-refractivity contribution in [2.45, 2.75) is 126 Å². The molecule has 8 unspecified atom stereocenters. The lowest BCUT2D eigenvalue weighted by atomic mass is 9.33. The van der Waals surface area contributed by atoms with Gasteiger partial charge in [-0.25, -0.2) is 0 Å². The zero-order valence-electron chi connectivity index (χ0n) is 24.4. The number of rotatable bonds is 2. The van der Waals surface area contributed by atoms with Crippen LogP contribution in [0.2, 0.25) is 0 Å². The lowest BCUT2D eigenvalue weighted by Gasteiger charge is -2.71. The second-order valence-corrected chi connectivity index (χ2v) is 16.2. The zero-order valence-corrected chi connectivity index (χ0v) is 25.2. The highest BCUT2D eigenvalue weighted by Crippen LogP contribution is 2.77. The van der Waals surface area contributed by atoms with Crippen LogP contribution in [0.3, 0.4) is 0 Å². The Labute approximate surface area is 229 Å². The smallest absolute Gasteiger partial charge is 0.310 e. The van der Waals surface area contributed by atoms with Gasteiger partial charge in [-0.15, -0.1) is 0 Å². The molecule has 0 aromatic carbocycles. The number of allylic oxidation sites excluding steroid dienone is 2. The van der Waals surface area contributed by atoms with E-state index in [1.54, 1.807) is 0 Å². The SMILES string of the molecule is CC(=O)OC1CCC2(C)C(CCC3(C)C2CC(Cl)=C2C4CC(C)(C)CCC4(C(=O)O)CCC23C)C1(C)C. The van der Waals surface area contributed by atoms with Gasteiger partial charge in [0.25, 0.3) is 0 Å². The molecule has 5 aliphatic rings. The first-order valence-corrected chi connectivity index (χ1v) is 15.1. The van der Waals surface area contributed by atoms with Crippen molar-refractivity contribution in [1.82, 2.24) is 0 Å². The average Bonchev–Trinajstić information content (AvgIpc) is 2.76. The molecule has 0 bridgehead atoms. The van der Waals surface area contributed by atoms with E-state index in [4.69, 9.17) is 16.3 Å². The Morgan fingerprint density at radius 2 is 1.54 bits per heavy atom. The number of halogens is 1. The van der Waals surface area contributed by atoms with Crippen molar-refractivity contribution in [2.75, 3.05) is 0 Å². The Balaban J connectivity index is 1.60. The molecule has 0 heterocycles. The molecule has 0 aromatic heterocycles. The van der Waals surface area contributed by atoms with Gasteiger partial charge in [0, 0.05) is 17.4 Å². The third-order valence-corrected chi connectivity index (χ3v) is 13.7. The molecule has 0 spiro atoms. The van der Waals surface area contributed by atoms with Gasteiger partial charge >= 0.3 is 11.9 Å². The number of carbonyl (C=O) groups excluding carboxylic acids is 1. The van der Waals surface area contributed by atoms with Gasteiger partial charge < -0.3 is 9.84 Å². The minimum Gasteiger partial charge on any atom is -0.481 e. The summed E-state index contributed by atoms with van der Waals surface area (Å²) in [5, 5.41) is 11.6. The van der Waals surface area contributed by atoms with E-state index in [2.05, 4.69) is 48.5 Å². The predicted octanol–water partition coefficient (Wildman–Crippen LogP) is 8.37. The maximum Gasteiger partial charge on any atom is 0.310 e. The highest BCUT2D eigenvalue weighted by molar-refractivity contribution is 6.30. The first-order chi connectivity index (χ1) is 16.9. The number of aliphatic carboxylic acids is 1. The molecular weight excluding hydrogens is 484 g/mol. The third-order valence-electron chi connectivity index (χ3n) is 13.3. The van der Waals surface area contributed by atoms with E-state index < -0.39 is 11.4 Å². The third kappa shape index (κ3) is 3.59. The maximum atomic E-state index is 12.9. The summed E-state index contributed by atoms with van der Waals surface area (Å²) in [4.78, 5) is 24.8. The van der Waals surface area contributed by atoms with Crippen LogP contribution in [-0.4, -0.2) is 23.1 Å². The minimum absolute atomic E-state index is 0.0273. The van der Waals surface area contributed by atoms with Crippen molar-refractivity contribution in [3.63, 3.8) is 0 Å². The van der Waals surface area contributed by atoms with Crippen LogP contribution in [0.1, 0.15) is 120 Å². The largest absolute Gasteiger partial charge is 0.481 e. The number of ether oxygens (including phenoxy) is 1. The van der Waals surface area contributed by atoms with Crippen LogP contribution in [0.4, 0.5) is 0 Å². The van der Waals surface area contributed by atoms with E-state index in [1.165, 1.54) is 12.5 Å². The van der Waals surface area contributed by atoms with Crippen LogP contribution < -0.4 is 0 Å².